The van der Waals surface area contributed by atoms with Crippen LogP contribution in [-0.2, 0) is 0 Å². The van der Waals surface area contributed by atoms with Crippen molar-refractivity contribution >= 4 is 27.3 Å². The molecule has 1 atom stereocenters. The predicted molar refractivity (Wildman–Crippen MR) is 79.7 cm³/mol. The highest BCUT2D eigenvalue weighted by molar-refractivity contribution is 9.10. The van der Waals surface area contributed by atoms with Gasteiger partial charge in [0, 0.05) is 20.3 Å². The lowest BCUT2D eigenvalue weighted by Crippen LogP contribution is -2.10. The predicted octanol–water partition coefficient (Wildman–Crippen LogP) is 4.77. The summed E-state index contributed by atoms with van der Waals surface area (Å²) in [7, 11) is 1.99. The second kappa shape index (κ2) is 5.34. The molecule has 0 fully saturated rings. The van der Waals surface area contributed by atoms with Crippen LogP contribution in [0.5, 0.6) is 0 Å². The minimum Gasteiger partial charge on any atom is -0.313 e. The largest absolute Gasteiger partial charge is 0.313 e. The van der Waals surface area contributed by atoms with E-state index in [0.29, 0.717) is 6.04 Å². The van der Waals surface area contributed by atoms with E-state index < -0.39 is 0 Å². The normalized spacial score (nSPS) is 12.7. The van der Waals surface area contributed by atoms with Gasteiger partial charge in [-0.05, 0) is 56.3 Å². The Balaban J connectivity index is 2.36. The number of thiophene rings is 1. The zero-order chi connectivity index (χ0) is 12.4. The van der Waals surface area contributed by atoms with Gasteiger partial charge >= 0.3 is 0 Å². The summed E-state index contributed by atoms with van der Waals surface area (Å²) in [5.41, 5.74) is 2.57. The zero-order valence-electron chi connectivity index (χ0n) is 10.3. The fourth-order valence-electron chi connectivity index (χ4n) is 1.76. The molecule has 1 nitrogen and oxygen atoms in total. The van der Waals surface area contributed by atoms with Crippen LogP contribution in [0.15, 0.2) is 34.8 Å². The standard InChI is InChI=1S/C14H16BrNS/c1-9-6-11(8-12(15)7-9)14-5-4-13(17-14)10(2)16-3/h4-8,10,16H,1-3H3. The molecular weight excluding hydrogens is 294 g/mol. The zero-order valence-corrected chi connectivity index (χ0v) is 12.7. The van der Waals surface area contributed by atoms with E-state index >= 15 is 0 Å². The van der Waals surface area contributed by atoms with E-state index in [2.05, 4.69) is 65.4 Å². The van der Waals surface area contributed by atoms with E-state index in [1.54, 1.807) is 0 Å². The Bertz CT molecular complexity index is 498. The first-order valence-electron chi connectivity index (χ1n) is 5.64. The second-order valence-electron chi connectivity index (χ2n) is 4.23. The summed E-state index contributed by atoms with van der Waals surface area (Å²) in [6.07, 6.45) is 0. The fraction of sp³-hybridized carbons (Fsp3) is 0.286. The number of nitrogens with one attached hydrogen (secondary N) is 1. The van der Waals surface area contributed by atoms with E-state index in [0.717, 1.165) is 4.47 Å². The van der Waals surface area contributed by atoms with Crippen molar-refractivity contribution in [2.45, 2.75) is 19.9 Å². The van der Waals surface area contributed by atoms with E-state index in [1.807, 2.05) is 18.4 Å². The topological polar surface area (TPSA) is 12.0 Å². The van der Waals surface area contributed by atoms with Gasteiger partial charge in [-0.2, -0.15) is 0 Å². The first-order chi connectivity index (χ1) is 8.10. The molecule has 0 bridgehead atoms. The molecule has 0 radical (unpaired) electrons. The first-order valence-corrected chi connectivity index (χ1v) is 7.25. The molecule has 2 rings (SSSR count). The highest BCUT2D eigenvalue weighted by Gasteiger charge is 2.08. The summed E-state index contributed by atoms with van der Waals surface area (Å²) < 4.78 is 1.14. The van der Waals surface area contributed by atoms with E-state index in [-0.39, 0.29) is 0 Å². The van der Waals surface area contributed by atoms with Crippen LogP contribution < -0.4 is 5.32 Å². The molecule has 1 unspecified atom stereocenters. The highest BCUT2D eigenvalue weighted by Crippen LogP contribution is 2.33. The number of benzene rings is 1. The number of rotatable bonds is 3. The summed E-state index contributed by atoms with van der Waals surface area (Å²) in [5.74, 6) is 0. The van der Waals surface area contributed by atoms with Crippen LogP contribution in [0.4, 0.5) is 0 Å². The molecule has 1 aromatic heterocycles. The number of aryl methyl sites for hydroxylation is 1. The summed E-state index contributed by atoms with van der Waals surface area (Å²) in [5, 5.41) is 3.27. The van der Waals surface area contributed by atoms with Crippen molar-refractivity contribution in [3.05, 3.63) is 45.2 Å². The van der Waals surface area contributed by atoms with Crippen LogP contribution in [0.3, 0.4) is 0 Å². The van der Waals surface area contributed by atoms with Gasteiger partial charge in [-0.1, -0.05) is 22.0 Å². The SMILES string of the molecule is CNC(C)c1ccc(-c2cc(C)cc(Br)c2)s1. The number of hydrogen-bond donors (Lipinski definition) is 1. The molecule has 90 valence electrons. The lowest BCUT2D eigenvalue weighted by molar-refractivity contribution is 0.664. The Morgan fingerprint density at radius 3 is 2.65 bits per heavy atom. The molecular formula is C14H16BrNS. The average molecular weight is 310 g/mol. The third kappa shape index (κ3) is 2.97. The van der Waals surface area contributed by atoms with Gasteiger partial charge in [0.15, 0.2) is 0 Å². The maximum absolute atomic E-state index is 3.55. The Hall–Kier alpha value is -0.640. The molecule has 17 heavy (non-hydrogen) atoms. The van der Waals surface area contributed by atoms with Gasteiger partial charge in [-0.3, -0.25) is 0 Å². The summed E-state index contributed by atoms with van der Waals surface area (Å²) >= 11 is 5.40. The molecule has 0 spiro atoms. The van der Waals surface area contributed by atoms with Gasteiger partial charge in [0.2, 0.25) is 0 Å². The maximum Gasteiger partial charge on any atom is 0.0383 e. The van der Waals surface area contributed by atoms with Gasteiger partial charge in [0.25, 0.3) is 0 Å². The van der Waals surface area contributed by atoms with Crippen molar-refractivity contribution in [2.24, 2.45) is 0 Å². The monoisotopic (exact) mass is 309 g/mol. The second-order valence-corrected chi connectivity index (χ2v) is 6.26. The number of hydrogen-bond acceptors (Lipinski definition) is 2. The number of halogens is 1. The van der Waals surface area contributed by atoms with Gasteiger partial charge in [-0.15, -0.1) is 11.3 Å². The van der Waals surface area contributed by atoms with Crippen molar-refractivity contribution in [2.75, 3.05) is 7.05 Å². The molecule has 0 aliphatic carbocycles. The van der Waals surface area contributed by atoms with Gasteiger partial charge in [0.05, 0.1) is 0 Å². The van der Waals surface area contributed by atoms with Gasteiger partial charge in [0.1, 0.15) is 0 Å². The molecule has 0 aliphatic rings. The average Bonchev–Trinajstić information content (AvgIpc) is 2.76. The molecule has 1 heterocycles. The van der Waals surface area contributed by atoms with Gasteiger partial charge in [-0.25, -0.2) is 0 Å². The molecule has 2 aromatic rings. The van der Waals surface area contributed by atoms with Crippen molar-refractivity contribution in [3.8, 4) is 10.4 Å². The lowest BCUT2D eigenvalue weighted by Gasteiger charge is -2.06. The van der Waals surface area contributed by atoms with Crippen LogP contribution >= 0.6 is 27.3 Å². The molecule has 0 saturated heterocycles. The molecule has 0 amide bonds. The third-order valence-corrected chi connectivity index (χ3v) is 4.59. The Morgan fingerprint density at radius 2 is 2.00 bits per heavy atom. The molecule has 1 aromatic carbocycles. The minimum absolute atomic E-state index is 0.419. The van der Waals surface area contributed by atoms with Crippen LogP contribution in [0, 0.1) is 6.92 Å². The fourth-order valence-corrected chi connectivity index (χ4v) is 3.43. The van der Waals surface area contributed by atoms with Crippen LogP contribution in [0.25, 0.3) is 10.4 Å². The molecule has 0 saturated carbocycles. The smallest absolute Gasteiger partial charge is 0.0383 e. The van der Waals surface area contributed by atoms with Gasteiger partial charge < -0.3 is 5.32 Å². The third-order valence-electron chi connectivity index (χ3n) is 2.81. The van der Waals surface area contributed by atoms with E-state index in [4.69, 9.17) is 0 Å². The van der Waals surface area contributed by atoms with E-state index in [9.17, 15) is 0 Å². The van der Waals surface area contributed by atoms with Crippen molar-refractivity contribution < 1.29 is 0 Å². The Morgan fingerprint density at radius 1 is 1.24 bits per heavy atom. The Labute approximate surface area is 115 Å². The highest BCUT2D eigenvalue weighted by atomic mass is 79.9. The quantitative estimate of drug-likeness (QED) is 0.861. The van der Waals surface area contributed by atoms with Crippen molar-refractivity contribution in [1.29, 1.82) is 0 Å². The Kier molecular flexibility index (Phi) is 4.02. The summed E-state index contributed by atoms with van der Waals surface area (Å²) in [4.78, 5) is 2.70. The van der Waals surface area contributed by atoms with Crippen molar-refractivity contribution in [3.63, 3.8) is 0 Å². The molecule has 1 N–H and O–H groups in total. The summed E-state index contributed by atoms with van der Waals surface area (Å²) in [6, 6.07) is 11.4. The first kappa shape index (κ1) is 12.8. The van der Waals surface area contributed by atoms with Crippen LogP contribution in [0.1, 0.15) is 23.4 Å². The van der Waals surface area contributed by atoms with E-state index in [1.165, 1.54) is 20.9 Å². The minimum atomic E-state index is 0.419. The molecule has 3 heteroatoms. The van der Waals surface area contributed by atoms with Crippen LogP contribution in [0.2, 0.25) is 0 Å². The maximum atomic E-state index is 3.55. The molecule has 0 aliphatic heterocycles. The lowest BCUT2D eigenvalue weighted by atomic mass is 10.1. The van der Waals surface area contributed by atoms with Crippen molar-refractivity contribution in [1.82, 2.24) is 5.32 Å². The van der Waals surface area contributed by atoms with Crippen LogP contribution in [-0.4, -0.2) is 7.05 Å². The summed E-state index contributed by atoms with van der Waals surface area (Å²) in [6.45, 7) is 4.31.